The third-order valence-corrected chi connectivity index (χ3v) is 4.64. The maximum atomic E-state index is 10.2. The van der Waals surface area contributed by atoms with Gasteiger partial charge in [-0.15, -0.1) is 0 Å². The normalized spacial score (nSPS) is 11.2. The van der Waals surface area contributed by atoms with Gasteiger partial charge < -0.3 is 4.55 Å². The maximum Gasteiger partial charge on any atom is 1.00 e. The van der Waals surface area contributed by atoms with Gasteiger partial charge in [0.15, 0.2) is 0 Å². The minimum atomic E-state index is -4.50. The number of unbranched alkanes of at least 4 members (excludes halogenated alkanes) is 10. The van der Waals surface area contributed by atoms with Gasteiger partial charge in [-0.1, -0.05) is 88.1 Å². The number of benzene rings is 1. The zero-order chi connectivity index (χ0) is 17.5. The Morgan fingerprint density at radius 2 is 1.16 bits per heavy atom. The summed E-state index contributed by atoms with van der Waals surface area (Å²) in [5.74, 6) is 0. The van der Waals surface area contributed by atoms with Crippen molar-refractivity contribution in [1.29, 1.82) is 0 Å². The Bertz CT molecular complexity index is 505. The topological polar surface area (TPSA) is 66.4 Å². The summed E-state index contributed by atoms with van der Waals surface area (Å²) in [6.45, 7) is 0.0226. The molecule has 0 unspecified atom stereocenters. The van der Waals surface area contributed by atoms with Gasteiger partial charge in [-0.2, -0.15) is 0 Å². The van der Waals surface area contributed by atoms with Gasteiger partial charge in [-0.05, 0) is 24.8 Å². The van der Waals surface area contributed by atoms with E-state index in [4.69, 9.17) is 0 Å². The van der Waals surface area contributed by atoms with Crippen LogP contribution < -0.4 is 29.6 Å². The van der Waals surface area contributed by atoms with Crippen molar-refractivity contribution in [2.24, 2.45) is 0 Å². The fraction of sp³-hybridized carbons (Fsp3) is 0.684. The van der Waals surface area contributed by atoms with Crippen LogP contribution in [0.4, 0.5) is 0 Å². The van der Waals surface area contributed by atoms with E-state index in [2.05, 4.69) is 34.5 Å². The van der Waals surface area contributed by atoms with Crippen LogP contribution in [0.15, 0.2) is 30.3 Å². The fourth-order valence-electron chi connectivity index (χ4n) is 2.83. The van der Waals surface area contributed by atoms with Crippen LogP contribution in [0.2, 0.25) is 0 Å². The van der Waals surface area contributed by atoms with Crippen LogP contribution in [0.3, 0.4) is 0 Å². The van der Waals surface area contributed by atoms with E-state index < -0.39 is 10.4 Å². The molecule has 0 saturated heterocycles. The van der Waals surface area contributed by atoms with Crippen LogP contribution in [0.1, 0.15) is 76.2 Å². The summed E-state index contributed by atoms with van der Waals surface area (Å²) in [6, 6.07) is 10.7. The summed E-state index contributed by atoms with van der Waals surface area (Å²) in [5, 5.41) is 0. The first-order valence-electron chi connectivity index (χ1n) is 9.22. The second kappa shape index (κ2) is 16.3. The Balaban J connectivity index is 0.00000576. The molecule has 0 N–H and O–H groups in total. The van der Waals surface area contributed by atoms with Gasteiger partial charge in [0.1, 0.15) is 0 Å². The predicted molar refractivity (Wildman–Crippen MR) is 96.6 cm³/mol. The quantitative estimate of drug-likeness (QED) is 0.203. The number of rotatable bonds is 15. The molecular formula is C19H31NaO4S. The molecule has 6 heteroatoms. The summed E-state index contributed by atoms with van der Waals surface area (Å²) >= 11 is 0. The van der Waals surface area contributed by atoms with E-state index in [9.17, 15) is 13.0 Å². The SMILES string of the molecule is O=S(=O)([O-])OCCCCCCCCCCCCCc1ccccc1.[Na+]. The van der Waals surface area contributed by atoms with Crippen molar-refractivity contribution in [3.8, 4) is 0 Å². The summed E-state index contributed by atoms with van der Waals surface area (Å²) in [7, 11) is -4.50. The Kier molecular flexibility index (Phi) is 16.3. The van der Waals surface area contributed by atoms with E-state index in [1.165, 1.54) is 63.4 Å². The van der Waals surface area contributed by atoms with Crippen molar-refractivity contribution >= 4 is 10.4 Å². The van der Waals surface area contributed by atoms with Crippen molar-refractivity contribution in [2.75, 3.05) is 6.61 Å². The van der Waals surface area contributed by atoms with Gasteiger partial charge in [-0.25, -0.2) is 8.42 Å². The Morgan fingerprint density at radius 1 is 0.720 bits per heavy atom. The molecule has 0 saturated carbocycles. The monoisotopic (exact) mass is 378 g/mol. The van der Waals surface area contributed by atoms with Gasteiger partial charge in [0.05, 0.1) is 6.61 Å². The molecule has 0 spiro atoms. The maximum absolute atomic E-state index is 10.2. The van der Waals surface area contributed by atoms with Gasteiger partial charge in [0.2, 0.25) is 10.4 Å². The van der Waals surface area contributed by atoms with Crippen LogP contribution in [-0.2, 0) is 21.0 Å². The van der Waals surface area contributed by atoms with E-state index in [-0.39, 0.29) is 36.2 Å². The van der Waals surface area contributed by atoms with Crippen molar-refractivity contribution < 1.29 is 46.7 Å². The second-order valence-electron chi connectivity index (χ2n) is 6.35. The Labute approximate surface area is 176 Å². The van der Waals surface area contributed by atoms with Crippen molar-refractivity contribution in [1.82, 2.24) is 0 Å². The fourth-order valence-corrected chi connectivity index (χ4v) is 3.15. The molecule has 138 valence electrons. The van der Waals surface area contributed by atoms with Crippen molar-refractivity contribution in [2.45, 2.75) is 77.0 Å². The summed E-state index contributed by atoms with van der Waals surface area (Å²) in [5.41, 5.74) is 1.44. The molecule has 0 amide bonds. The number of hydrogen-bond donors (Lipinski definition) is 0. The molecule has 0 aliphatic heterocycles. The molecule has 0 heterocycles. The first-order chi connectivity index (χ1) is 11.6. The van der Waals surface area contributed by atoms with E-state index in [0.29, 0.717) is 6.42 Å². The van der Waals surface area contributed by atoms with Crippen LogP contribution in [-0.4, -0.2) is 19.6 Å². The smallest absolute Gasteiger partial charge is 0.726 e. The second-order valence-corrected chi connectivity index (χ2v) is 7.41. The van der Waals surface area contributed by atoms with Gasteiger partial charge in [-0.3, -0.25) is 4.18 Å². The zero-order valence-corrected chi connectivity index (χ0v) is 18.4. The summed E-state index contributed by atoms with van der Waals surface area (Å²) < 4.78 is 34.8. The molecule has 0 aliphatic carbocycles. The first-order valence-corrected chi connectivity index (χ1v) is 10.6. The molecule has 1 aromatic rings. The summed E-state index contributed by atoms with van der Waals surface area (Å²) in [4.78, 5) is 0. The van der Waals surface area contributed by atoms with Crippen molar-refractivity contribution in [3.63, 3.8) is 0 Å². The van der Waals surface area contributed by atoms with E-state index in [1.807, 2.05) is 0 Å². The molecule has 0 bridgehead atoms. The third kappa shape index (κ3) is 17.3. The van der Waals surface area contributed by atoms with E-state index in [1.54, 1.807) is 0 Å². The van der Waals surface area contributed by atoms with Crippen LogP contribution in [0, 0.1) is 0 Å². The predicted octanol–water partition coefficient (Wildman–Crippen LogP) is 2.00. The molecule has 1 rings (SSSR count). The molecule has 1 aromatic carbocycles. The Hall–Kier alpha value is 0.0900. The zero-order valence-electron chi connectivity index (χ0n) is 15.6. The molecule has 25 heavy (non-hydrogen) atoms. The van der Waals surface area contributed by atoms with E-state index >= 15 is 0 Å². The average molecular weight is 379 g/mol. The standard InChI is InChI=1S/C19H32O4S.Na/c20-24(21,22)23-18-14-9-7-5-3-1-2-4-6-8-11-15-19-16-12-10-13-17-19;/h10,12-13,16-17H,1-9,11,14-15,18H2,(H,20,21,22);/q;+1/p-1. The minimum Gasteiger partial charge on any atom is -0.726 e. The third-order valence-electron chi connectivity index (χ3n) is 4.18. The largest absolute Gasteiger partial charge is 1.00 e. The number of aryl methyl sites for hydroxylation is 1. The molecular weight excluding hydrogens is 347 g/mol. The molecule has 0 atom stereocenters. The van der Waals surface area contributed by atoms with Crippen molar-refractivity contribution in [3.05, 3.63) is 35.9 Å². The minimum absolute atomic E-state index is 0. The molecule has 0 aromatic heterocycles. The summed E-state index contributed by atoms with van der Waals surface area (Å²) in [6.07, 6.45) is 14.1. The van der Waals surface area contributed by atoms with Crippen LogP contribution >= 0.6 is 0 Å². The van der Waals surface area contributed by atoms with Gasteiger partial charge in [0.25, 0.3) is 0 Å². The molecule has 4 nitrogen and oxygen atoms in total. The Morgan fingerprint density at radius 3 is 1.64 bits per heavy atom. The average Bonchev–Trinajstić information content (AvgIpc) is 2.55. The molecule has 0 radical (unpaired) electrons. The molecule has 0 fully saturated rings. The first kappa shape index (κ1) is 25.1. The molecule has 0 aliphatic rings. The van der Waals surface area contributed by atoms with E-state index in [0.717, 1.165) is 12.8 Å². The van der Waals surface area contributed by atoms with Gasteiger partial charge >= 0.3 is 29.6 Å². The van der Waals surface area contributed by atoms with Crippen LogP contribution in [0.5, 0.6) is 0 Å². The van der Waals surface area contributed by atoms with Gasteiger partial charge in [0, 0.05) is 0 Å². The van der Waals surface area contributed by atoms with Crippen LogP contribution in [0.25, 0.3) is 0 Å². The number of hydrogen-bond acceptors (Lipinski definition) is 4.